The molecule has 0 saturated carbocycles. The highest BCUT2D eigenvalue weighted by Gasteiger charge is 2.13. The lowest BCUT2D eigenvalue weighted by molar-refractivity contribution is -0.139. The lowest BCUT2D eigenvalue weighted by Crippen LogP contribution is -2.41. The van der Waals surface area contributed by atoms with E-state index in [0.29, 0.717) is 12.2 Å². The molecule has 8 heteroatoms. The van der Waals surface area contributed by atoms with Gasteiger partial charge in [-0.2, -0.15) is 5.10 Å². The number of hydrogen-bond acceptors (Lipinski definition) is 5. The molecule has 0 aliphatic rings. The average molecular weight is 328 g/mol. The Balaban J connectivity index is 2.74. The van der Waals surface area contributed by atoms with E-state index in [1.165, 1.54) is 18.3 Å². The first-order valence-corrected chi connectivity index (χ1v) is 7.02. The van der Waals surface area contributed by atoms with Crippen LogP contribution in [0.5, 0.6) is 11.5 Å². The van der Waals surface area contributed by atoms with Crippen LogP contribution in [0.2, 0.25) is 5.02 Å². The van der Waals surface area contributed by atoms with E-state index in [1.807, 2.05) is 0 Å². The second-order valence-corrected chi connectivity index (χ2v) is 5.02. The number of phenolic OH excluding ortho intramolecular Hbond substituents is 1. The van der Waals surface area contributed by atoms with Crippen LogP contribution in [0.25, 0.3) is 0 Å². The van der Waals surface area contributed by atoms with E-state index in [0.717, 1.165) is 0 Å². The summed E-state index contributed by atoms with van der Waals surface area (Å²) in [6.07, 6.45) is 1.29. The summed E-state index contributed by atoms with van der Waals surface area (Å²) in [5.74, 6) is -1.60. The zero-order valence-corrected chi connectivity index (χ0v) is 13.3. The fourth-order valence-corrected chi connectivity index (χ4v) is 1.70. The van der Waals surface area contributed by atoms with Gasteiger partial charge in [-0.1, -0.05) is 11.6 Å². The van der Waals surface area contributed by atoms with Crippen molar-refractivity contribution in [2.45, 2.75) is 26.8 Å². The smallest absolute Gasteiger partial charge is 0.329 e. The molecular formula is C14H18ClN3O4. The monoisotopic (exact) mass is 327 g/mol. The second-order valence-electron chi connectivity index (χ2n) is 4.61. The van der Waals surface area contributed by atoms with Crippen molar-refractivity contribution in [1.82, 2.24) is 10.7 Å². The van der Waals surface area contributed by atoms with Gasteiger partial charge in [0.15, 0.2) is 11.5 Å². The molecule has 0 aliphatic carbocycles. The highest BCUT2D eigenvalue weighted by atomic mass is 35.5. The SMILES string of the molecule is CCOc1cc(/C=N\NC(=O)C(=O)NC(C)C)cc(Cl)c1O. The summed E-state index contributed by atoms with van der Waals surface area (Å²) in [5, 5.41) is 15.9. The Labute approximate surface area is 133 Å². The third kappa shape index (κ3) is 5.25. The summed E-state index contributed by atoms with van der Waals surface area (Å²) >= 11 is 5.86. The van der Waals surface area contributed by atoms with Gasteiger partial charge in [0.25, 0.3) is 0 Å². The molecule has 0 bridgehead atoms. The fraction of sp³-hybridized carbons (Fsp3) is 0.357. The summed E-state index contributed by atoms with van der Waals surface area (Å²) in [5.41, 5.74) is 2.59. The van der Waals surface area contributed by atoms with Crippen LogP contribution >= 0.6 is 11.6 Å². The molecule has 0 fully saturated rings. The molecule has 0 aromatic heterocycles. The van der Waals surface area contributed by atoms with E-state index in [9.17, 15) is 14.7 Å². The lowest BCUT2D eigenvalue weighted by atomic mass is 10.2. The molecule has 1 aromatic rings. The minimum Gasteiger partial charge on any atom is -0.503 e. The number of nitrogens with zero attached hydrogens (tertiary/aromatic N) is 1. The van der Waals surface area contributed by atoms with Crippen molar-refractivity contribution in [2.24, 2.45) is 5.10 Å². The number of nitrogens with one attached hydrogen (secondary N) is 2. The van der Waals surface area contributed by atoms with Crippen LogP contribution in [0.15, 0.2) is 17.2 Å². The molecule has 22 heavy (non-hydrogen) atoms. The zero-order chi connectivity index (χ0) is 16.7. The topological polar surface area (TPSA) is 100 Å². The van der Waals surface area contributed by atoms with Gasteiger partial charge in [0, 0.05) is 6.04 Å². The number of rotatable bonds is 5. The highest BCUT2D eigenvalue weighted by molar-refractivity contribution is 6.35. The molecule has 7 nitrogen and oxygen atoms in total. The van der Waals surface area contributed by atoms with Crippen molar-refractivity contribution in [3.63, 3.8) is 0 Å². The minimum atomic E-state index is -0.875. The molecule has 0 saturated heterocycles. The van der Waals surface area contributed by atoms with Crippen LogP contribution in [-0.2, 0) is 9.59 Å². The van der Waals surface area contributed by atoms with E-state index < -0.39 is 11.8 Å². The Bertz CT molecular complexity index is 588. The number of ether oxygens (including phenoxy) is 1. The van der Waals surface area contributed by atoms with Crippen molar-refractivity contribution < 1.29 is 19.4 Å². The number of halogens is 1. The Kier molecular flexibility index (Phi) is 6.65. The Morgan fingerprint density at radius 3 is 2.68 bits per heavy atom. The zero-order valence-electron chi connectivity index (χ0n) is 12.5. The number of aromatic hydroxyl groups is 1. The van der Waals surface area contributed by atoms with Crippen molar-refractivity contribution in [2.75, 3.05) is 6.61 Å². The summed E-state index contributed by atoms with van der Waals surface area (Å²) < 4.78 is 5.22. The summed E-state index contributed by atoms with van der Waals surface area (Å²) in [4.78, 5) is 22.8. The van der Waals surface area contributed by atoms with Gasteiger partial charge in [0.2, 0.25) is 0 Å². The van der Waals surface area contributed by atoms with Gasteiger partial charge in [-0.15, -0.1) is 0 Å². The van der Waals surface area contributed by atoms with E-state index >= 15 is 0 Å². The average Bonchev–Trinajstić information content (AvgIpc) is 2.43. The van der Waals surface area contributed by atoms with Crippen molar-refractivity contribution in [3.05, 3.63) is 22.7 Å². The van der Waals surface area contributed by atoms with Crippen LogP contribution in [0.4, 0.5) is 0 Å². The van der Waals surface area contributed by atoms with Gasteiger partial charge in [-0.25, -0.2) is 5.43 Å². The molecule has 0 atom stereocenters. The molecule has 0 heterocycles. The normalized spacial score (nSPS) is 10.8. The summed E-state index contributed by atoms with van der Waals surface area (Å²) in [7, 11) is 0. The molecule has 0 unspecified atom stereocenters. The Morgan fingerprint density at radius 1 is 1.41 bits per heavy atom. The van der Waals surface area contributed by atoms with E-state index in [2.05, 4.69) is 15.8 Å². The maximum atomic E-state index is 11.4. The van der Waals surface area contributed by atoms with Gasteiger partial charge in [-0.05, 0) is 38.5 Å². The van der Waals surface area contributed by atoms with Gasteiger partial charge < -0.3 is 15.2 Å². The number of phenols is 1. The van der Waals surface area contributed by atoms with Crippen LogP contribution in [0.1, 0.15) is 26.3 Å². The Hall–Kier alpha value is -2.28. The maximum Gasteiger partial charge on any atom is 0.329 e. The minimum absolute atomic E-state index is 0.0938. The third-order valence-electron chi connectivity index (χ3n) is 2.36. The van der Waals surface area contributed by atoms with Gasteiger partial charge in [0.05, 0.1) is 17.8 Å². The van der Waals surface area contributed by atoms with Gasteiger partial charge in [0.1, 0.15) is 0 Å². The predicted octanol–water partition coefficient (Wildman–Crippen LogP) is 1.42. The number of carbonyl (C=O) groups excluding carboxylic acids is 2. The fourth-order valence-electron chi connectivity index (χ4n) is 1.48. The first kappa shape index (κ1) is 17.8. The van der Waals surface area contributed by atoms with Crippen LogP contribution < -0.4 is 15.5 Å². The number of carbonyl (C=O) groups is 2. The van der Waals surface area contributed by atoms with E-state index in [4.69, 9.17) is 16.3 Å². The molecule has 0 spiro atoms. The summed E-state index contributed by atoms with van der Waals surface area (Å²) in [6, 6.07) is 2.81. The van der Waals surface area contributed by atoms with Crippen molar-refractivity contribution in [1.29, 1.82) is 0 Å². The number of hydrogen-bond donors (Lipinski definition) is 3. The third-order valence-corrected chi connectivity index (χ3v) is 2.64. The predicted molar refractivity (Wildman–Crippen MR) is 83.3 cm³/mol. The molecule has 1 aromatic carbocycles. The molecule has 0 aliphatic heterocycles. The first-order valence-electron chi connectivity index (χ1n) is 6.64. The Morgan fingerprint density at radius 2 is 2.09 bits per heavy atom. The standard InChI is InChI=1S/C14H18ClN3O4/c1-4-22-11-6-9(5-10(15)12(11)19)7-16-18-14(21)13(20)17-8(2)3/h5-8,19H,4H2,1-3H3,(H,17,20)(H,18,21)/b16-7-. The molecule has 120 valence electrons. The highest BCUT2D eigenvalue weighted by Crippen LogP contribution is 2.34. The number of amides is 2. The van der Waals surface area contributed by atoms with Crippen LogP contribution in [0.3, 0.4) is 0 Å². The van der Waals surface area contributed by atoms with Crippen LogP contribution in [-0.4, -0.2) is 35.8 Å². The quantitative estimate of drug-likeness (QED) is 0.432. The molecule has 0 radical (unpaired) electrons. The van der Waals surface area contributed by atoms with E-state index in [1.54, 1.807) is 20.8 Å². The number of benzene rings is 1. The molecular weight excluding hydrogens is 310 g/mol. The summed E-state index contributed by atoms with van der Waals surface area (Å²) in [6.45, 7) is 5.60. The largest absolute Gasteiger partial charge is 0.503 e. The lowest BCUT2D eigenvalue weighted by Gasteiger charge is -2.08. The van der Waals surface area contributed by atoms with Crippen molar-refractivity contribution >= 4 is 29.6 Å². The molecule has 3 N–H and O–H groups in total. The van der Waals surface area contributed by atoms with Crippen LogP contribution in [0, 0.1) is 0 Å². The van der Waals surface area contributed by atoms with Gasteiger partial charge in [-0.3, -0.25) is 9.59 Å². The van der Waals surface area contributed by atoms with Gasteiger partial charge >= 0.3 is 11.8 Å². The van der Waals surface area contributed by atoms with E-state index in [-0.39, 0.29) is 22.6 Å². The number of hydrazone groups is 1. The first-order chi connectivity index (χ1) is 10.3. The molecule has 1 rings (SSSR count). The van der Waals surface area contributed by atoms with Crippen molar-refractivity contribution in [3.8, 4) is 11.5 Å². The maximum absolute atomic E-state index is 11.4. The molecule has 2 amide bonds. The second kappa shape index (κ2) is 8.23.